The van der Waals surface area contributed by atoms with Crippen molar-refractivity contribution in [3.8, 4) is 11.3 Å². The van der Waals surface area contributed by atoms with Crippen molar-refractivity contribution < 1.29 is 0 Å². The molecule has 1 N–H and O–H groups in total. The highest BCUT2D eigenvalue weighted by molar-refractivity contribution is 5.59. The van der Waals surface area contributed by atoms with Crippen molar-refractivity contribution in [1.82, 2.24) is 19.9 Å². The molecule has 1 saturated heterocycles. The second-order valence-corrected chi connectivity index (χ2v) is 9.52. The number of pyridine rings is 1. The Morgan fingerprint density at radius 3 is 2.50 bits per heavy atom. The molecule has 1 aliphatic heterocycles. The fourth-order valence-electron chi connectivity index (χ4n) is 5.26. The Balaban J connectivity index is 1.34. The first-order valence-electron chi connectivity index (χ1n) is 12.4. The Hall–Kier alpha value is -3.19. The van der Waals surface area contributed by atoms with Crippen LogP contribution in [0.4, 0.5) is 11.6 Å². The Bertz CT molecular complexity index is 1150. The maximum atomic E-state index is 12.7. The number of anilines is 2. The highest BCUT2D eigenvalue weighted by Gasteiger charge is 2.25. The van der Waals surface area contributed by atoms with Gasteiger partial charge in [0.2, 0.25) is 5.95 Å². The summed E-state index contributed by atoms with van der Waals surface area (Å²) in [5, 5.41) is 3.65. The third-order valence-corrected chi connectivity index (χ3v) is 7.37. The first kappa shape index (κ1) is 22.6. The maximum absolute atomic E-state index is 12.7. The SMILES string of the molecule is CN(c1ccc([C@H]2CN(c3nc(-c4ccncc4)cc(=O)n3C)CCN2)cc1)C1CCCCC1. The second-order valence-electron chi connectivity index (χ2n) is 9.52. The van der Waals surface area contributed by atoms with E-state index in [4.69, 9.17) is 4.98 Å². The summed E-state index contributed by atoms with van der Waals surface area (Å²) in [5.41, 5.74) is 4.09. The Morgan fingerprint density at radius 1 is 1.03 bits per heavy atom. The van der Waals surface area contributed by atoms with E-state index in [0.29, 0.717) is 17.7 Å². The Kier molecular flexibility index (Phi) is 6.63. The molecule has 1 atom stereocenters. The molecule has 0 spiro atoms. The monoisotopic (exact) mass is 458 g/mol. The molecule has 5 rings (SSSR count). The lowest BCUT2D eigenvalue weighted by Crippen LogP contribution is -2.47. The molecule has 0 radical (unpaired) electrons. The van der Waals surface area contributed by atoms with Crippen LogP contribution in [0, 0.1) is 0 Å². The van der Waals surface area contributed by atoms with E-state index >= 15 is 0 Å². The lowest BCUT2D eigenvalue weighted by molar-refractivity contribution is 0.427. The topological polar surface area (TPSA) is 66.3 Å². The lowest BCUT2D eigenvalue weighted by atomic mass is 9.94. The molecular formula is C27H34N6O. The van der Waals surface area contributed by atoms with Crippen LogP contribution < -0.4 is 20.7 Å². The summed E-state index contributed by atoms with van der Waals surface area (Å²) in [6.45, 7) is 2.40. The predicted molar refractivity (Wildman–Crippen MR) is 137 cm³/mol. The van der Waals surface area contributed by atoms with E-state index in [0.717, 1.165) is 25.2 Å². The molecule has 3 aromatic rings. The van der Waals surface area contributed by atoms with E-state index < -0.39 is 0 Å². The van der Waals surface area contributed by atoms with Gasteiger partial charge in [-0.15, -0.1) is 0 Å². The molecule has 178 valence electrons. The first-order valence-corrected chi connectivity index (χ1v) is 12.4. The molecule has 0 unspecified atom stereocenters. The Morgan fingerprint density at radius 2 is 1.76 bits per heavy atom. The molecule has 2 aromatic heterocycles. The van der Waals surface area contributed by atoms with Gasteiger partial charge in [-0.2, -0.15) is 0 Å². The van der Waals surface area contributed by atoms with Gasteiger partial charge in [0.25, 0.3) is 5.56 Å². The second kappa shape index (κ2) is 9.97. The van der Waals surface area contributed by atoms with Crippen molar-refractivity contribution >= 4 is 11.6 Å². The number of hydrogen-bond donors (Lipinski definition) is 1. The number of nitrogens with zero attached hydrogens (tertiary/aromatic N) is 5. The molecule has 3 heterocycles. The minimum absolute atomic E-state index is 0.0537. The number of rotatable bonds is 5. The summed E-state index contributed by atoms with van der Waals surface area (Å²) < 4.78 is 1.65. The number of hydrogen-bond acceptors (Lipinski definition) is 6. The zero-order chi connectivity index (χ0) is 23.5. The summed E-state index contributed by atoms with van der Waals surface area (Å²) in [7, 11) is 4.03. The van der Waals surface area contributed by atoms with Crippen molar-refractivity contribution in [1.29, 1.82) is 0 Å². The highest BCUT2D eigenvalue weighted by Crippen LogP contribution is 2.28. The van der Waals surface area contributed by atoms with Gasteiger partial charge in [0.1, 0.15) is 0 Å². The molecule has 0 bridgehead atoms. The summed E-state index contributed by atoms with van der Waals surface area (Å²) >= 11 is 0. The smallest absolute Gasteiger partial charge is 0.255 e. The molecule has 7 nitrogen and oxygen atoms in total. The van der Waals surface area contributed by atoms with E-state index in [1.165, 1.54) is 43.4 Å². The maximum Gasteiger partial charge on any atom is 0.255 e. The van der Waals surface area contributed by atoms with Crippen LogP contribution in [-0.2, 0) is 7.05 Å². The molecule has 2 fully saturated rings. The van der Waals surface area contributed by atoms with Crippen molar-refractivity contribution in [3.63, 3.8) is 0 Å². The highest BCUT2D eigenvalue weighted by atomic mass is 16.1. The van der Waals surface area contributed by atoms with Gasteiger partial charge < -0.3 is 15.1 Å². The van der Waals surface area contributed by atoms with Gasteiger partial charge in [0, 0.05) is 75.5 Å². The molecule has 0 amide bonds. The van der Waals surface area contributed by atoms with Gasteiger partial charge >= 0.3 is 0 Å². The van der Waals surface area contributed by atoms with E-state index in [1.807, 2.05) is 12.1 Å². The number of nitrogens with one attached hydrogen (secondary N) is 1. The summed E-state index contributed by atoms with van der Waals surface area (Å²) in [6.07, 6.45) is 10.1. The van der Waals surface area contributed by atoms with Gasteiger partial charge in [0.15, 0.2) is 0 Å². The average Bonchev–Trinajstić information content (AvgIpc) is 2.91. The molecular weight excluding hydrogens is 424 g/mol. The minimum atomic E-state index is -0.0537. The summed E-state index contributed by atoms with van der Waals surface area (Å²) in [6, 6.07) is 15.2. The molecule has 1 aliphatic carbocycles. The Labute approximate surface area is 201 Å². The zero-order valence-electron chi connectivity index (χ0n) is 20.2. The van der Waals surface area contributed by atoms with Gasteiger partial charge in [-0.1, -0.05) is 31.4 Å². The van der Waals surface area contributed by atoms with Gasteiger partial charge in [-0.25, -0.2) is 4.98 Å². The van der Waals surface area contributed by atoms with E-state index in [9.17, 15) is 4.79 Å². The van der Waals surface area contributed by atoms with Crippen LogP contribution in [-0.4, -0.2) is 47.3 Å². The van der Waals surface area contributed by atoms with Crippen molar-refractivity contribution in [2.24, 2.45) is 7.05 Å². The quantitative estimate of drug-likeness (QED) is 0.628. The average molecular weight is 459 g/mol. The van der Waals surface area contributed by atoms with E-state index in [2.05, 4.69) is 51.4 Å². The van der Waals surface area contributed by atoms with Crippen LogP contribution in [0.1, 0.15) is 43.7 Å². The molecule has 7 heteroatoms. The number of piperazine rings is 1. The van der Waals surface area contributed by atoms with Crippen LogP contribution >= 0.6 is 0 Å². The first-order chi connectivity index (χ1) is 16.6. The molecule has 1 saturated carbocycles. The third kappa shape index (κ3) is 4.71. The van der Waals surface area contributed by atoms with Crippen LogP contribution in [0.15, 0.2) is 59.7 Å². The molecule has 1 aromatic carbocycles. The molecule has 34 heavy (non-hydrogen) atoms. The van der Waals surface area contributed by atoms with Gasteiger partial charge in [0.05, 0.1) is 5.69 Å². The standard InChI is InChI=1S/C27H34N6O/c1-31(22-6-4-3-5-7-22)23-10-8-20(9-11-23)25-19-33(17-16-29-25)27-30-24(18-26(34)32(27)2)21-12-14-28-15-13-21/h8-15,18,22,25,29H,3-7,16-17,19H2,1-2H3/t25-/m1/s1. The van der Waals surface area contributed by atoms with Crippen molar-refractivity contribution in [2.75, 3.05) is 36.5 Å². The van der Waals surface area contributed by atoms with Crippen LogP contribution in [0.2, 0.25) is 0 Å². The van der Waals surface area contributed by atoms with E-state index in [-0.39, 0.29) is 11.6 Å². The van der Waals surface area contributed by atoms with Gasteiger partial charge in [-0.3, -0.25) is 14.3 Å². The van der Waals surface area contributed by atoms with Crippen LogP contribution in [0.5, 0.6) is 0 Å². The van der Waals surface area contributed by atoms with Crippen LogP contribution in [0.3, 0.4) is 0 Å². The fraction of sp³-hybridized carbons (Fsp3) is 0.444. The van der Waals surface area contributed by atoms with Gasteiger partial charge in [-0.05, 0) is 42.7 Å². The normalized spacial score (nSPS) is 19.2. The third-order valence-electron chi connectivity index (χ3n) is 7.37. The summed E-state index contributed by atoms with van der Waals surface area (Å²) in [4.78, 5) is 26.3. The number of aromatic nitrogens is 3. The summed E-state index contributed by atoms with van der Waals surface area (Å²) in [5.74, 6) is 0.708. The minimum Gasteiger partial charge on any atom is -0.372 e. The lowest BCUT2D eigenvalue weighted by Gasteiger charge is -2.36. The largest absolute Gasteiger partial charge is 0.372 e. The predicted octanol–water partition coefficient (Wildman–Crippen LogP) is 3.76. The van der Waals surface area contributed by atoms with E-state index in [1.54, 1.807) is 30.1 Å². The van der Waals surface area contributed by atoms with Crippen molar-refractivity contribution in [2.45, 2.75) is 44.2 Å². The van der Waals surface area contributed by atoms with Crippen molar-refractivity contribution in [3.05, 3.63) is 70.8 Å². The molecule has 2 aliphatic rings. The van der Waals surface area contributed by atoms with Crippen LogP contribution in [0.25, 0.3) is 11.3 Å². The fourth-order valence-corrected chi connectivity index (χ4v) is 5.26. The zero-order valence-corrected chi connectivity index (χ0v) is 20.2. The number of benzene rings is 1.